The van der Waals surface area contributed by atoms with Crippen molar-refractivity contribution in [3.8, 4) is 0 Å². The summed E-state index contributed by atoms with van der Waals surface area (Å²) in [5.74, 6) is -0.754. The van der Waals surface area contributed by atoms with Gasteiger partial charge < -0.3 is 9.94 Å². The average molecular weight is 169 g/mol. The Bertz CT molecular complexity index is 355. The molecule has 0 bridgehead atoms. The van der Waals surface area contributed by atoms with Crippen molar-refractivity contribution < 1.29 is 14.7 Å². The molecule has 0 aliphatic carbocycles. The van der Waals surface area contributed by atoms with E-state index in [2.05, 4.69) is 4.74 Å². The molecule has 0 spiro atoms. The van der Waals surface area contributed by atoms with Crippen LogP contribution in [0.4, 0.5) is 0 Å². The summed E-state index contributed by atoms with van der Waals surface area (Å²) in [7, 11) is 1.17. The molecule has 0 aliphatic heterocycles. The van der Waals surface area contributed by atoms with Crippen LogP contribution in [0.1, 0.15) is 10.5 Å². The van der Waals surface area contributed by atoms with Gasteiger partial charge in [-0.3, -0.25) is 4.79 Å². The number of carbonyl (C=O) groups excluding carboxylic acids is 1. The third-order valence-electron chi connectivity index (χ3n) is 1.32. The molecule has 0 saturated carbocycles. The molecule has 0 saturated heterocycles. The van der Waals surface area contributed by atoms with Crippen LogP contribution in [0.15, 0.2) is 23.0 Å². The summed E-state index contributed by atoms with van der Waals surface area (Å²) >= 11 is 0. The zero-order valence-corrected chi connectivity index (χ0v) is 6.35. The van der Waals surface area contributed by atoms with E-state index in [9.17, 15) is 9.59 Å². The maximum Gasteiger partial charge on any atom is 0.358 e. The Kier molecular flexibility index (Phi) is 2.14. The lowest BCUT2D eigenvalue weighted by Gasteiger charge is -2.01. The van der Waals surface area contributed by atoms with Crippen LogP contribution < -0.4 is 5.56 Å². The second kappa shape index (κ2) is 3.08. The highest BCUT2D eigenvalue weighted by molar-refractivity contribution is 5.87. The maximum atomic E-state index is 10.8. The molecule has 0 aliphatic rings. The zero-order valence-electron chi connectivity index (χ0n) is 6.35. The third-order valence-corrected chi connectivity index (χ3v) is 1.32. The van der Waals surface area contributed by atoms with Crippen molar-refractivity contribution in [2.24, 2.45) is 0 Å². The van der Waals surface area contributed by atoms with Crippen LogP contribution in [-0.2, 0) is 4.74 Å². The molecule has 1 aromatic rings. The Balaban J connectivity index is 3.26. The second-order valence-electron chi connectivity index (χ2n) is 2.05. The van der Waals surface area contributed by atoms with Crippen molar-refractivity contribution >= 4 is 5.97 Å². The van der Waals surface area contributed by atoms with Crippen LogP contribution in [0.25, 0.3) is 0 Å². The highest BCUT2D eigenvalue weighted by Gasteiger charge is 2.10. The van der Waals surface area contributed by atoms with E-state index in [1.165, 1.54) is 19.2 Å². The van der Waals surface area contributed by atoms with Gasteiger partial charge in [-0.2, -0.15) is 0 Å². The number of esters is 1. The standard InChI is InChI=1S/C7H7NO4/c1-12-7(10)5-3-2-4-6(9)8(5)11/h2-4,11H,1H3. The fourth-order valence-electron chi connectivity index (χ4n) is 0.741. The Morgan fingerprint density at radius 2 is 2.25 bits per heavy atom. The highest BCUT2D eigenvalue weighted by atomic mass is 16.5. The fraction of sp³-hybridized carbons (Fsp3) is 0.143. The van der Waals surface area contributed by atoms with Crippen LogP contribution in [0, 0.1) is 0 Å². The number of carbonyl (C=O) groups is 1. The normalized spacial score (nSPS) is 9.42. The molecule has 1 N–H and O–H groups in total. The summed E-state index contributed by atoms with van der Waals surface area (Å²) in [4.78, 5) is 21.6. The highest BCUT2D eigenvalue weighted by Crippen LogP contribution is 1.95. The minimum atomic E-state index is -0.754. The van der Waals surface area contributed by atoms with E-state index in [0.717, 1.165) is 6.07 Å². The predicted molar refractivity (Wildman–Crippen MR) is 39.2 cm³/mol. The number of nitrogens with zero attached hydrogens (tertiary/aromatic N) is 1. The molecule has 1 aromatic heterocycles. The van der Waals surface area contributed by atoms with E-state index >= 15 is 0 Å². The quantitative estimate of drug-likeness (QED) is 0.469. The van der Waals surface area contributed by atoms with E-state index < -0.39 is 11.5 Å². The number of pyridine rings is 1. The average Bonchev–Trinajstić information content (AvgIpc) is 2.08. The van der Waals surface area contributed by atoms with Gasteiger partial charge in [-0.1, -0.05) is 6.07 Å². The van der Waals surface area contributed by atoms with Gasteiger partial charge in [-0.25, -0.2) is 4.79 Å². The number of rotatable bonds is 1. The number of hydrogen-bond donors (Lipinski definition) is 1. The summed E-state index contributed by atoms with van der Waals surface area (Å²) in [5, 5.41) is 9.00. The Labute approximate surface area is 67.8 Å². The van der Waals surface area contributed by atoms with Gasteiger partial charge >= 0.3 is 5.97 Å². The third kappa shape index (κ3) is 1.29. The lowest BCUT2D eigenvalue weighted by molar-refractivity contribution is 0.0540. The molecular weight excluding hydrogens is 162 g/mol. The van der Waals surface area contributed by atoms with Crippen molar-refractivity contribution in [2.45, 2.75) is 0 Å². The van der Waals surface area contributed by atoms with E-state index in [0.29, 0.717) is 0 Å². The minimum Gasteiger partial charge on any atom is -0.464 e. The summed E-state index contributed by atoms with van der Waals surface area (Å²) < 4.78 is 4.56. The van der Waals surface area contributed by atoms with Gasteiger partial charge in [-0.15, -0.1) is 4.73 Å². The molecule has 0 radical (unpaired) electrons. The molecule has 64 valence electrons. The predicted octanol–water partition coefficient (Wildman–Crippen LogP) is -0.128. The molecule has 0 atom stereocenters. The SMILES string of the molecule is COC(=O)c1cccc(=O)n1O. The van der Waals surface area contributed by atoms with Gasteiger partial charge in [0.15, 0.2) is 5.69 Å². The van der Waals surface area contributed by atoms with Crippen molar-refractivity contribution in [1.29, 1.82) is 0 Å². The first-order chi connectivity index (χ1) is 5.66. The summed E-state index contributed by atoms with van der Waals surface area (Å²) in [6.45, 7) is 0. The molecule has 0 aromatic carbocycles. The molecular formula is C7H7NO4. The van der Waals surface area contributed by atoms with E-state index in [1.807, 2.05) is 0 Å². The van der Waals surface area contributed by atoms with E-state index in [-0.39, 0.29) is 10.4 Å². The monoisotopic (exact) mass is 169 g/mol. The van der Waals surface area contributed by atoms with Gasteiger partial charge in [0.1, 0.15) is 0 Å². The maximum absolute atomic E-state index is 10.8. The first-order valence-electron chi connectivity index (χ1n) is 3.16. The lowest BCUT2D eigenvalue weighted by Crippen LogP contribution is -2.23. The van der Waals surface area contributed by atoms with Gasteiger partial charge in [0.2, 0.25) is 0 Å². The van der Waals surface area contributed by atoms with Crippen molar-refractivity contribution in [3.63, 3.8) is 0 Å². The van der Waals surface area contributed by atoms with Crippen molar-refractivity contribution in [3.05, 3.63) is 34.2 Å². The van der Waals surface area contributed by atoms with Gasteiger partial charge in [-0.05, 0) is 6.07 Å². The van der Waals surface area contributed by atoms with Crippen LogP contribution in [0.2, 0.25) is 0 Å². The second-order valence-corrected chi connectivity index (χ2v) is 2.05. The number of aromatic nitrogens is 1. The lowest BCUT2D eigenvalue weighted by atomic mass is 10.3. The van der Waals surface area contributed by atoms with Crippen LogP contribution in [0.5, 0.6) is 0 Å². The minimum absolute atomic E-state index is 0.190. The number of methoxy groups -OCH3 is 1. The summed E-state index contributed by atoms with van der Waals surface area (Å²) in [5.41, 5.74) is -0.858. The molecule has 5 nitrogen and oxygen atoms in total. The van der Waals surface area contributed by atoms with Crippen LogP contribution >= 0.6 is 0 Å². The number of hydrogen-bond acceptors (Lipinski definition) is 4. The number of ether oxygens (including phenoxy) is 1. The Morgan fingerprint density at radius 1 is 1.58 bits per heavy atom. The Hall–Kier alpha value is -1.78. The zero-order chi connectivity index (χ0) is 9.14. The molecule has 0 fully saturated rings. The van der Waals surface area contributed by atoms with Gasteiger partial charge in [0.25, 0.3) is 5.56 Å². The molecule has 12 heavy (non-hydrogen) atoms. The van der Waals surface area contributed by atoms with E-state index in [1.54, 1.807) is 0 Å². The topological polar surface area (TPSA) is 68.5 Å². The largest absolute Gasteiger partial charge is 0.464 e. The van der Waals surface area contributed by atoms with Crippen LogP contribution in [0.3, 0.4) is 0 Å². The van der Waals surface area contributed by atoms with Crippen molar-refractivity contribution in [2.75, 3.05) is 7.11 Å². The molecule has 1 heterocycles. The fourth-order valence-corrected chi connectivity index (χ4v) is 0.741. The molecule has 0 unspecified atom stereocenters. The summed E-state index contributed by atoms with van der Waals surface area (Å²) in [6, 6.07) is 3.78. The van der Waals surface area contributed by atoms with Crippen molar-refractivity contribution in [1.82, 2.24) is 4.73 Å². The van der Waals surface area contributed by atoms with Crippen LogP contribution in [-0.4, -0.2) is 23.0 Å². The van der Waals surface area contributed by atoms with Gasteiger partial charge in [0, 0.05) is 6.07 Å². The first-order valence-corrected chi connectivity index (χ1v) is 3.16. The van der Waals surface area contributed by atoms with E-state index in [4.69, 9.17) is 5.21 Å². The molecule has 5 heteroatoms. The summed E-state index contributed by atoms with van der Waals surface area (Å²) in [6.07, 6.45) is 0. The molecule has 1 rings (SSSR count). The Morgan fingerprint density at radius 3 is 2.83 bits per heavy atom. The first kappa shape index (κ1) is 8.32. The smallest absolute Gasteiger partial charge is 0.358 e. The van der Waals surface area contributed by atoms with Gasteiger partial charge in [0.05, 0.1) is 7.11 Å². The molecule has 0 amide bonds.